The van der Waals surface area contributed by atoms with Gasteiger partial charge in [-0.2, -0.15) is 5.26 Å². The number of nitriles is 1. The van der Waals surface area contributed by atoms with Gasteiger partial charge in [-0.25, -0.2) is 4.79 Å². The fourth-order valence-electron chi connectivity index (χ4n) is 5.18. The van der Waals surface area contributed by atoms with Gasteiger partial charge in [-0.05, 0) is 50.9 Å². The predicted molar refractivity (Wildman–Crippen MR) is 117 cm³/mol. The van der Waals surface area contributed by atoms with Crippen molar-refractivity contribution in [1.29, 1.82) is 5.26 Å². The van der Waals surface area contributed by atoms with Gasteiger partial charge in [0.1, 0.15) is 17.4 Å². The van der Waals surface area contributed by atoms with Gasteiger partial charge in [0.25, 0.3) is 0 Å². The Labute approximate surface area is 184 Å². The van der Waals surface area contributed by atoms with Crippen molar-refractivity contribution < 1.29 is 19.4 Å². The minimum absolute atomic E-state index is 0.0642. The Hall–Kier alpha value is -2.14. The van der Waals surface area contributed by atoms with Crippen LogP contribution in [0.5, 0.6) is 0 Å². The molecule has 8 heteroatoms. The largest absolute Gasteiger partial charge is 0.465 e. The summed E-state index contributed by atoms with van der Waals surface area (Å²) in [5, 5.41) is 24.5. The van der Waals surface area contributed by atoms with E-state index in [0.29, 0.717) is 57.1 Å². The van der Waals surface area contributed by atoms with Gasteiger partial charge in [-0.1, -0.05) is 38.5 Å². The number of aliphatic imine (C=N–C) groups is 1. The summed E-state index contributed by atoms with van der Waals surface area (Å²) in [7, 11) is 0. The normalized spacial score (nSPS) is 24.0. The Morgan fingerprint density at radius 3 is 2.29 bits per heavy atom. The highest BCUT2D eigenvalue weighted by atomic mass is 16.5. The second kappa shape index (κ2) is 11.5. The minimum Gasteiger partial charge on any atom is -0.465 e. The number of nitrogens with one attached hydrogen (secondary N) is 2. The fourth-order valence-corrected chi connectivity index (χ4v) is 5.18. The molecule has 3 aliphatic rings. The zero-order chi connectivity index (χ0) is 22.1. The van der Waals surface area contributed by atoms with Crippen molar-refractivity contribution >= 4 is 17.8 Å². The summed E-state index contributed by atoms with van der Waals surface area (Å²) in [6.45, 7) is 1.12. The van der Waals surface area contributed by atoms with Crippen molar-refractivity contribution in [3.8, 4) is 6.07 Å². The smallest absolute Gasteiger partial charge is 0.410 e. The van der Waals surface area contributed by atoms with Crippen molar-refractivity contribution in [1.82, 2.24) is 10.6 Å². The molecular weight excluding hydrogens is 396 g/mol. The number of nitrogens with zero attached hydrogens (tertiary/aromatic N) is 2. The summed E-state index contributed by atoms with van der Waals surface area (Å²) in [5.74, 6) is 0.446. The van der Waals surface area contributed by atoms with Crippen LogP contribution in [-0.2, 0) is 9.53 Å². The van der Waals surface area contributed by atoms with Gasteiger partial charge in [0.05, 0.1) is 6.07 Å². The molecule has 0 bridgehead atoms. The first-order chi connectivity index (χ1) is 15.0. The van der Waals surface area contributed by atoms with Crippen LogP contribution in [0.1, 0.15) is 83.5 Å². The van der Waals surface area contributed by atoms with Crippen LogP contribution in [0.3, 0.4) is 0 Å². The van der Waals surface area contributed by atoms with E-state index in [1.807, 2.05) is 0 Å². The maximum atomic E-state index is 13.4. The molecule has 1 unspecified atom stereocenters. The summed E-state index contributed by atoms with van der Waals surface area (Å²) >= 11 is 0. The second-order valence-electron chi connectivity index (χ2n) is 9.33. The molecule has 1 atom stereocenters. The molecule has 0 spiro atoms. The van der Waals surface area contributed by atoms with E-state index in [0.717, 1.165) is 38.5 Å². The number of carbonyl (C=O) groups is 2. The molecule has 0 radical (unpaired) electrons. The van der Waals surface area contributed by atoms with Gasteiger partial charge in [0.15, 0.2) is 0 Å². The number of rotatable bonds is 6. The minimum atomic E-state index is -1.16. The second-order valence-corrected chi connectivity index (χ2v) is 9.33. The lowest BCUT2D eigenvalue weighted by molar-refractivity contribution is -0.124. The number of hydrogen-bond donors (Lipinski definition) is 3. The van der Waals surface area contributed by atoms with Gasteiger partial charge in [0.2, 0.25) is 5.91 Å². The van der Waals surface area contributed by atoms with Crippen LogP contribution in [0, 0.1) is 23.2 Å². The maximum absolute atomic E-state index is 13.4. The van der Waals surface area contributed by atoms with Crippen LogP contribution in [0.25, 0.3) is 0 Å². The van der Waals surface area contributed by atoms with Crippen LogP contribution in [0.4, 0.5) is 4.79 Å². The Morgan fingerprint density at radius 2 is 1.71 bits per heavy atom. The third-order valence-electron chi connectivity index (χ3n) is 7.01. The van der Waals surface area contributed by atoms with E-state index < -0.39 is 17.7 Å². The van der Waals surface area contributed by atoms with Crippen LogP contribution in [0.2, 0.25) is 0 Å². The molecule has 3 fully saturated rings. The van der Waals surface area contributed by atoms with Crippen LogP contribution in [-0.4, -0.2) is 47.7 Å². The Morgan fingerprint density at radius 1 is 1.06 bits per heavy atom. The van der Waals surface area contributed by atoms with E-state index in [-0.39, 0.29) is 11.8 Å². The Bertz CT molecular complexity index is 682. The van der Waals surface area contributed by atoms with E-state index in [2.05, 4.69) is 16.7 Å². The monoisotopic (exact) mass is 432 g/mol. The van der Waals surface area contributed by atoms with Gasteiger partial charge in [-0.15, -0.1) is 0 Å². The quantitative estimate of drug-likeness (QED) is 0.335. The molecule has 31 heavy (non-hydrogen) atoms. The third-order valence-corrected chi connectivity index (χ3v) is 7.01. The first-order valence-electron chi connectivity index (χ1n) is 11.9. The molecule has 172 valence electrons. The highest BCUT2D eigenvalue weighted by Gasteiger charge is 2.38. The number of carboxylic acid groups (broad SMARTS) is 1. The molecule has 8 nitrogen and oxygen atoms in total. The van der Waals surface area contributed by atoms with Gasteiger partial charge >= 0.3 is 6.09 Å². The number of hydrogen-bond acceptors (Lipinski definition) is 5. The molecule has 0 aromatic rings. The molecule has 3 rings (SSSR count). The number of amides is 2. The van der Waals surface area contributed by atoms with Gasteiger partial charge in [-0.3, -0.25) is 15.1 Å². The molecular formula is C23H36N4O4. The molecule has 1 heterocycles. The SMILES string of the molecule is N#CC1(NC(=O)C(CC2CCCCCC2)N=C(NC(=O)O)C2CCOCC2)CCCC1. The molecule has 0 aromatic heterocycles. The summed E-state index contributed by atoms with van der Waals surface area (Å²) in [6.07, 6.45) is 10.9. The molecule has 1 aliphatic heterocycles. The third kappa shape index (κ3) is 6.93. The molecule has 1 saturated heterocycles. The van der Waals surface area contributed by atoms with E-state index in [4.69, 9.17) is 9.73 Å². The first-order valence-corrected chi connectivity index (χ1v) is 11.9. The molecule has 0 aromatic carbocycles. The first kappa shape index (κ1) is 23.5. The van der Waals surface area contributed by atoms with E-state index in [9.17, 15) is 20.0 Å². The highest BCUT2D eigenvalue weighted by Crippen LogP contribution is 2.31. The molecule has 2 amide bonds. The lowest BCUT2D eigenvalue weighted by Crippen LogP contribution is -2.50. The summed E-state index contributed by atoms with van der Waals surface area (Å²) < 4.78 is 5.41. The van der Waals surface area contributed by atoms with Crippen molar-refractivity contribution in [3.05, 3.63) is 0 Å². The van der Waals surface area contributed by atoms with E-state index in [1.54, 1.807) is 0 Å². The number of carbonyl (C=O) groups excluding carboxylic acids is 1. The lowest BCUT2D eigenvalue weighted by atomic mass is 9.91. The zero-order valence-electron chi connectivity index (χ0n) is 18.4. The molecule has 2 saturated carbocycles. The van der Waals surface area contributed by atoms with Crippen LogP contribution >= 0.6 is 0 Å². The topological polar surface area (TPSA) is 124 Å². The van der Waals surface area contributed by atoms with Gasteiger partial charge < -0.3 is 15.2 Å². The van der Waals surface area contributed by atoms with Gasteiger partial charge in [0, 0.05) is 19.1 Å². The van der Waals surface area contributed by atoms with Crippen LogP contribution < -0.4 is 10.6 Å². The van der Waals surface area contributed by atoms with Crippen molar-refractivity contribution in [3.63, 3.8) is 0 Å². The standard InChI is InChI=1S/C23H36N4O4/c24-16-23(11-5-6-12-23)27-21(28)19(15-17-7-3-1-2-4-8-17)25-20(26-22(29)30)18-9-13-31-14-10-18/h17-19H,1-15H2,(H,25,26)(H,27,28)(H,29,30). The van der Waals surface area contributed by atoms with Crippen molar-refractivity contribution in [2.75, 3.05) is 13.2 Å². The summed E-state index contributed by atoms with van der Waals surface area (Å²) in [6, 6.07) is 1.64. The molecule has 3 N–H and O–H groups in total. The van der Waals surface area contributed by atoms with Crippen molar-refractivity contribution in [2.45, 2.75) is 95.1 Å². The lowest BCUT2D eigenvalue weighted by Gasteiger charge is -2.28. The summed E-state index contributed by atoms with van der Waals surface area (Å²) in [5.41, 5.74) is -0.812. The number of ether oxygens (including phenoxy) is 1. The average Bonchev–Trinajstić information content (AvgIpc) is 3.08. The van der Waals surface area contributed by atoms with Crippen LogP contribution in [0.15, 0.2) is 4.99 Å². The zero-order valence-corrected chi connectivity index (χ0v) is 18.4. The average molecular weight is 433 g/mol. The Kier molecular flexibility index (Phi) is 8.70. The van der Waals surface area contributed by atoms with Crippen molar-refractivity contribution in [2.24, 2.45) is 16.8 Å². The van der Waals surface area contributed by atoms with E-state index in [1.165, 1.54) is 12.8 Å². The fraction of sp³-hybridized carbons (Fsp3) is 0.826. The predicted octanol–water partition coefficient (Wildman–Crippen LogP) is 3.76. The Balaban J connectivity index is 1.82. The molecule has 2 aliphatic carbocycles. The summed E-state index contributed by atoms with van der Waals surface area (Å²) in [4.78, 5) is 29.5. The van der Waals surface area contributed by atoms with E-state index >= 15 is 0 Å². The number of amidine groups is 1. The highest BCUT2D eigenvalue weighted by molar-refractivity contribution is 5.98. The maximum Gasteiger partial charge on any atom is 0.410 e.